The zero-order chi connectivity index (χ0) is 16.2. The summed E-state index contributed by atoms with van der Waals surface area (Å²) in [7, 11) is -3.65. The predicted octanol–water partition coefficient (Wildman–Crippen LogP) is 1.43. The Morgan fingerprint density at radius 1 is 1.14 bits per heavy atom. The summed E-state index contributed by atoms with van der Waals surface area (Å²) in [6.45, 7) is 1.19. The van der Waals surface area contributed by atoms with E-state index >= 15 is 0 Å². The Bertz CT molecular complexity index is 728. The minimum absolute atomic E-state index is 0.0957. The molecule has 2 aromatic carbocycles. The molecule has 0 radical (unpaired) electrons. The summed E-state index contributed by atoms with van der Waals surface area (Å²) in [6.07, 6.45) is 0.733. The molecule has 0 aliphatic heterocycles. The van der Waals surface area contributed by atoms with Gasteiger partial charge in [-0.25, -0.2) is 17.9 Å². The summed E-state index contributed by atoms with van der Waals surface area (Å²) in [4.78, 5) is 0.0957. The van der Waals surface area contributed by atoms with Crippen molar-refractivity contribution >= 4 is 21.6 Å². The Hall–Kier alpha value is -1.47. The highest BCUT2D eigenvalue weighted by atomic mass is 35.5. The first-order valence-electron chi connectivity index (χ1n) is 6.74. The van der Waals surface area contributed by atoms with E-state index in [0.717, 1.165) is 18.5 Å². The highest BCUT2D eigenvalue weighted by Crippen LogP contribution is 2.17. The third-order valence-corrected chi connectivity index (χ3v) is 4.58. The van der Waals surface area contributed by atoms with Crippen molar-refractivity contribution < 1.29 is 18.1 Å². The van der Waals surface area contributed by atoms with Gasteiger partial charge in [-0.1, -0.05) is 29.8 Å². The van der Waals surface area contributed by atoms with E-state index in [4.69, 9.17) is 16.7 Å². The van der Waals surface area contributed by atoms with E-state index < -0.39 is 10.0 Å². The lowest BCUT2D eigenvalue weighted by Crippen LogP contribution is -2.83. The summed E-state index contributed by atoms with van der Waals surface area (Å²) >= 11 is 5.96. The lowest BCUT2D eigenvalue weighted by atomic mass is 10.1. The number of benzene rings is 2. The van der Waals surface area contributed by atoms with Gasteiger partial charge in [-0.15, -0.1) is 0 Å². The van der Waals surface area contributed by atoms with Crippen LogP contribution < -0.4 is 10.5 Å². The summed E-state index contributed by atoms with van der Waals surface area (Å²) < 4.78 is 35.9. The molecule has 0 heterocycles. The number of sulfonamides is 1. The number of rotatable bonds is 6. The third-order valence-electron chi connectivity index (χ3n) is 3.30. The Kier molecular flexibility index (Phi) is 5.52. The molecule has 0 bridgehead atoms. The van der Waals surface area contributed by atoms with Crippen LogP contribution in [0.2, 0.25) is 5.02 Å². The van der Waals surface area contributed by atoms with Crippen molar-refractivity contribution in [2.75, 3.05) is 6.54 Å². The first-order chi connectivity index (χ1) is 10.4. The Balaban J connectivity index is 1.87. The molecule has 0 aromatic heterocycles. The molecule has 4 N–H and O–H groups in total. The van der Waals surface area contributed by atoms with Gasteiger partial charge in [0.25, 0.3) is 0 Å². The molecule has 0 aliphatic rings. The highest BCUT2D eigenvalue weighted by molar-refractivity contribution is 7.89. The molecular formula is C15H17ClFN2O2S+. The van der Waals surface area contributed by atoms with Crippen LogP contribution in [0, 0.1) is 5.82 Å². The van der Waals surface area contributed by atoms with Gasteiger partial charge in [-0.3, -0.25) is 0 Å². The monoisotopic (exact) mass is 343 g/mol. The summed E-state index contributed by atoms with van der Waals surface area (Å²) in [5.74, 6) is -0.304. The van der Waals surface area contributed by atoms with Gasteiger partial charge < -0.3 is 5.32 Å². The largest absolute Gasteiger partial charge is 0.342 e. The first kappa shape index (κ1) is 16.9. The second kappa shape index (κ2) is 7.19. The molecule has 0 saturated heterocycles. The van der Waals surface area contributed by atoms with Crippen LogP contribution in [-0.2, 0) is 23.0 Å². The molecule has 0 atom stereocenters. The lowest BCUT2D eigenvalue weighted by Gasteiger charge is -2.06. The summed E-state index contributed by atoms with van der Waals surface area (Å²) in [5.41, 5.74) is 1.48. The Labute approximate surface area is 134 Å². The molecule has 0 unspecified atom stereocenters. The van der Waals surface area contributed by atoms with Crippen molar-refractivity contribution in [2.45, 2.75) is 17.9 Å². The van der Waals surface area contributed by atoms with Gasteiger partial charge in [0, 0.05) is 6.42 Å². The van der Waals surface area contributed by atoms with E-state index in [9.17, 15) is 12.8 Å². The fourth-order valence-electron chi connectivity index (χ4n) is 2.09. The quantitative estimate of drug-likeness (QED) is 0.778. The van der Waals surface area contributed by atoms with E-state index in [2.05, 4.69) is 0 Å². The normalized spacial score (nSPS) is 11.6. The summed E-state index contributed by atoms with van der Waals surface area (Å²) in [6, 6.07) is 11.1. The minimum Gasteiger partial charge on any atom is -0.342 e. The molecule has 4 nitrogen and oxygen atoms in total. The number of halogens is 2. The van der Waals surface area contributed by atoms with E-state index in [-0.39, 0.29) is 10.7 Å². The second-order valence-corrected chi connectivity index (χ2v) is 6.89. The van der Waals surface area contributed by atoms with Gasteiger partial charge in [0.1, 0.15) is 12.4 Å². The van der Waals surface area contributed by atoms with Gasteiger partial charge in [0.05, 0.1) is 22.0 Å². The van der Waals surface area contributed by atoms with Gasteiger partial charge >= 0.3 is 0 Å². The minimum atomic E-state index is -3.65. The first-order valence-corrected chi connectivity index (χ1v) is 8.66. The fraction of sp³-hybridized carbons (Fsp3) is 0.200. The smallest absolute Gasteiger partial charge is 0.238 e. The van der Waals surface area contributed by atoms with E-state index in [1.54, 1.807) is 24.3 Å². The van der Waals surface area contributed by atoms with Crippen molar-refractivity contribution in [2.24, 2.45) is 5.14 Å². The number of primary sulfonamides is 1. The predicted molar refractivity (Wildman–Crippen MR) is 83.4 cm³/mol. The maximum atomic E-state index is 13.6. The highest BCUT2D eigenvalue weighted by Gasteiger charge is 2.09. The van der Waals surface area contributed by atoms with Gasteiger partial charge in [0.15, 0.2) is 0 Å². The van der Waals surface area contributed by atoms with Crippen LogP contribution in [-0.4, -0.2) is 15.0 Å². The van der Waals surface area contributed by atoms with E-state index in [0.29, 0.717) is 17.1 Å². The zero-order valence-corrected chi connectivity index (χ0v) is 13.4. The van der Waals surface area contributed by atoms with Crippen LogP contribution in [0.25, 0.3) is 0 Å². The maximum Gasteiger partial charge on any atom is 0.238 e. The molecule has 118 valence electrons. The SMILES string of the molecule is NS(=O)(=O)c1ccc(CC[NH2+]Cc2c(F)cccc2Cl)cc1. The van der Waals surface area contributed by atoms with Crippen LogP contribution in [0.1, 0.15) is 11.1 Å². The van der Waals surface area contributed by atoms with E-state index in [1.165, 1.54) is 18.2 Å². The molecule has 0 amide bonds. The molecule has 7 heteroatoms. The topological polar surface area (TPSA) is 76.8 Å². The number of nitrogens with two attached hydrogens (primary N) is 2. The molecule has 0 fully saturated rings. The zero-order valence-electron chi connectivity index (χ0n) is 11.8. The van der Waals surface area contributed by atoms with Crippen molar-refractivity contribution in [1.82, 2.24) is 0 Å². The number of hydrogen-bond acceptors (Lipinski definition) is 2. The van der Waals surface area contributed by atoms with E-state index in [1.807, 2.05) is 5.32 Å². The van der Waals surface area contributed by atoms with Crippen LogP contribution in [0.15, 0.2) is 47.4 Å². The van der Waals surface area contributed by atoms with Crippen molar-refractivity contribution in [3.8, 4) is 0 Å². The summed E-state index contributed by atoms with van der Waals surface area (Å²) in [5, 5.41) is 7.42. The van der Waals surface area contributed by atoms with Gasteiger partial charge in [-0.05, 0) is 29.8 Å². The number of hydrogen-bond donors (Lipinski definition) is 2. The van der Waals surface area contributed by atoms with Crippen LogP contribution in [0.4, 0.5) is 4.39 Å². The fourth-order valence-corrected chi connectivity index (χ4v) is 2.84. The Morgan fingerprint density at radius 3 is 2.41 bits per heavy atom. The molecule has 0 aliphatic carbocycles. The molecule has 2 aromatic rings. The molecule has 22 heavy (non-hydrogen) atoms. The van der Waals surface area contributed by atoms with Crippen LogP contribution in [0.5, 0.6) is 0 Å². The van der Waals surface area contributed by atoms with Crippen LogP contribution >= 0.6 is 11.6 Å². The van der Waals surface area contributed by atoms with Crippen molar-refractivity contribution in [1.29, 1.82) is 0 Å². The lowest BCUT2D eigenvalue weighted by molar-refractivity contribution is -0.670. The Morgan fingerprint density at radius 2 is 1.82 bits per heavy atom. The molecule has 0 saturated carbocycles. The van der Waals surface area contributed by atoms with Crippen LogP contribution in [0.3, 0.4) is 0 Å². The number of quaternary nitrogens is 1. The molecule has 2 rings (SSSR count). The van der Waals surface area contributed by atoms with Gasteiger partial charge in [-0.2, -0.15) is 0 Å². The second-order valence-electron chi connectivity index (χ2n) is 4.92. The maximum absolute atomic E-state index is 13.6. The van der Waals surface area contributed by atoms with Crippen molar-refractivity contribution in [3.05, 3.63) is 64.4 Å². The average Bonchev–Trinajstić information content (AvgIpc) is 2.45. The van der Waals surface area contributed by atoms with Gasteiger partial charge in [0.2, 0.25) is 10.0 Å². The third kappa shape index (κ3) is 4.51. The van der Waals surface area contributed by atoms with Crippen molar-refractivity contribution in [3.63, 3.8) is 0 Å². The standard InChI is InChI=1S/C15H16ClFN2O2S/c16-14-2-1-3-15(17)13(14)10-19-9-8-11-4-6-12(7-5-11)22(18,20)21/h1-7,19H,8-10H2,(H2,18,20,21)/p+1. The molecular weight excluding hydrogens is 327 g/mol. The molecule has 0 spiro atoms. The average molecular weight is 344 g/mol.